The van der Waals surface area contributed by atoms with Crippen LogP contribution < -0.4 is 0 Å². The van der Waals surface area contributed by atoms with E-state index in [1.54, 1.807) is 13.0 Å². The zero-order valence-corrected chi connectivity index (χ0v) is 10.9. The zero-order valence-electron chi connectivity index (χ0n) is 10.9. The molecule has 1 aromatic rings. The molecule has 0 atom stereocenters. The molecule has 0 amide bonds. The first kappa shape index (κ1) is 14.2. The van der Waals surface area contributed by atoms with Crippen molar-refractivity contribution in [2.75, 3.05) is 6.54 Å². The molecule has 1 aliphatic heterocycles. The second kappa shape index (κ2) is 5.45. The number of benzene rings is 1. The van der Waals surface area contributed by atoms with Crippen molar-refractivity contribution in [2.24, 2.45) is 0 Å². The maximum absolute atomic E-state index is 13.9. The van der Waals surface area contributed by atoms with Crippen LogP contribution in [0.3, 0.4) is 0 Å². The average molecular weight is 281 g/mol. The standard InChI is InChI=1S/C15H14F3NO/c1-9-6-7-12(19(10(9)2)8-14(17)18)15-11(16)4-3-5-13(15)20/h3-7,14,20H,2,8H2,1H3. The molecular formula is C15H14F3NO. The number of rotatable bonds is 3. The quantitative estimate of drug-likeness (QED) is 0.908. The van der Waals surface area contributed by atoms with E-state index in [1.807, 2.05) is 0 Å². The van der Waals surface area contributed by atoms with Gasteiger partial charge in [0.25, 0.3) is 6.43 Å². The van der Waals surface area contributed by atoms with Crippen LogP contribution in [0.1, 0.15) is 12.5 Å². The van der Waals surface area contributed by atoms with Crippen LogP contribution in [0.25, 0.3) is 5.70 Å². The van der Waals surface area contributed by atoms with Crippen LogP contribution in [0.5, 0.6) is 5.75 Å². The first-order valence-corrected chi connectivity index (χ1v) is 6.03. The van der Waals surface area contributed by atoms with Crippen LogP contribution >= 0.6 is 0 Å². The van der Waals surface area contributed by atoms with Crippen LogP contribution in [0.2, 0.25) is 0 Å². The van der Waals surface area contributed by atoms with Gasteiger partial charge in [0, 0.05) is 5.70 Å². The molecule has 0 saturated carbocycles. The van der Waals surface area contributed by atoms with Crippen molar-refractivity contribution in [3.63, 3.8) is 0 Å². The average Bonchev–Trinajstić information content (AvgIpc) is 2.37. The molecule has 0 bridgehead atoms. The summed E-state index contributed by atoms with van der Waals surface area (Å²) in [6.07, 6.45) is 0.561. The topological polar surface area (TPSA) is 23.5 Å². The van der Waals surface area contributed by atoms with E-state index < -0.39 is 18.8 Å². The third-order valence-electron chi connectivity index (χ3n) is 3.13. The lowest BCUT2D eigenvalue weighted by atomic mass is 10.0. The Morgan fingerprint density at radius 2 is 2.00 bits per heavy atom. The molecule has 0 fully saturated rings. The van der Waals surface area contributed by atoms with Crippen LogP contribution in [0, 0.1) is 5.82 Å². The summed E-state index contributed by atoms with van der Waals surface area (Å²) in [5.74, 6) is -0.965. The van der Waals surface area contributed by atoms with Gasteiger partial charge in [-0.15, -0.1) is 0 Å². The van der Waals surface area contributed by atoms with Crippen molar-refractivity contribution < 1.29 is 18.3 Å². The summed E-state index contributed by atoms with van der Waals surface area (Å²) in [4.78, 5) is 1.22. The van der Waals surface area contributed by atoms with E-state index in [2.05, 4.69) is 6.58 Å². The summed E-state index contributed by atoms with van der Waals surface area (Å²) in [5.41, 5.74) is 1.16. The number of phenols is 1. The molecule has 0 unspecified atom stereocenters. The van der Waals surface area contributed by atoms with Gasteiger partial charge in [-0.05, 0) is 30.7 Å². The van der Waals surface area contributed by atoms with Gasteiger partial charge in [0.05, 0.1) is 17.8 Å². The molecular weight excluding hydrogens is 267 g/mol. The van der Waals surface area contributed by atoms with Gasteiger partial charge in [0.2, 0.25) is 0 Å². The molecule has 2 nitrogen and oxygen atoms in total. The number of aromatic hydroxyl groups is 1. The smallest absolute Gasteiger partial charge is 0.256 e. The molecule has 0 radical (unpaired) electrons. The van der Waals surface area contributed by atoms with E-state index in [0.29, 0.717) is 11.3 Å². The number of phenolic OH excluding ortho intramolecular Hbond substituents is 1. The highest BCUT2D eigenvalue weighted by Crippen LogP contribution is 2.36. The lowest BCUT2D eigenvalue weighted by molar-refractivity contribution is 0.123. The Morgan fingerprint density at radius 3 is 2.60 bits per heavy atom. The minimum Gasteiger partial charge on any atom is -0.507 e. The number of hydrogen-bond acceptors (Lipinski definition) is 2. The largest absolute Gasteiger partial charge is 0.507 e. The number of hydrogen-bond donors (Lipinski definition) is 1. The molecule has 0 aromatic heterocycles. The second-order valence-corrected chi connectivity index (χ2v) is 4.48. The number of allylic oxidation sites excluding steroid dienone is 3. The maximum Gasteiger partial charge on any atom is 0.256 e. The second-order valence-electron chi connectivity index (χ2n) is 4.48. The van der Waals surface area contributed by atoms with Crippen LogP contribution in [-0.4, -0.2) is 23.0 Å². The van der Waals surface area contributed by atoms with E-state index in [0.717, 1.165) is 0 Å². The fraction of sp³-hybridized carbons (Fsp3) is 0.200. The van der Waals surface area contributed by atoms with E-state index >= 15 is 0 Å². The lowest BCUT2D eigenvalue weighted by Gasteiger charge is -2.32. The predicted molar refractivity (Wildman–Crippen MR) is 71.6 cm³/mol. The lowest BCUT2D eigenvalue weighted by Crippen LogP contribution is -2.29. The van der Waals surface area contributed by atoms with Crippen molar-refractivity contribution in [3.05, 3.63) is 59.6 Å². The summed E-state index contributed by atoms with van der Waals surface area (Å²) in [6, 6.07) is 3.84. The summed E-state index contributed by atoms with van der Waals surface area (Å²) in [5, 5.41) is 9.80. The van der Waals surface area contributed by atoms with Gasteiger partial charge in [0.15, 0.2) is 0 Å². The van der Waals surface area contributed by atoms with Crippen molar-refractivity contribution in [1.82, 2.24) is 4.90 Å². The van der Waals surface area contributed by atoms with Gasteiger partial charge in [-0.3, -0.25) is 0 Å². The highest BCUT2D eigenvalue weighted by molar-refractivity contribution is 5.74. The Morgan fingerprint density at radius 1 is 1.30 bits per heavy atom. The Bertz CT molecular complexity index is 585. The minimum atomic E-state index is -2.60. The first-order chi connectivity index (χ1) is 9.41. The summed E-state index contributed by atoms with van der Waals surface area (Å²) >= 11 is 0. The van der Waals surface area contributed by atoms with Gasteiger partial charge in [-0.25, -0.2) is 13.2 Å². The first-order valence-electron chi connectivity index (χ1n) is 6.03. The van der Waals surface area contributed by atoms with E-state index in [4.69, 9.17) is 0 Å². The molecule has 106 valence electrons. The number of halogens is 3. The van der Waals surface area contributed by atoms with Gasteiger partial charge in [-0.1, -0.05) is 18.7 Å². The number of alkyl halides is 2. The Kier molecular flexibility index (Phi) is 3.88. The molecule has 0 aliphatic carbocycles. The third kappa shape index (κ3) is 2.57. The highest BCUT2D eigenvalue weighted by Gasteiger charge is 2.25. The van der Waals surface area contributed by atoms with Gasteiger partial charge < -0.3 is 10.0 Å². The molecule has 1 aromatic carbocycles. The van der Waals surface area contributed by atoms with E-state index in [1.165, 1.54) is 29.2 Å². The fourth-order valence-electron chi connectivity index (χ4n) is 2.08. The molecule has 0 saturated heterocycles. The van der Waals surface area contributed by atoms with Gasteiger partial charge in [0.1, 0.15) is 11.6 Å². The highest BCUT2D eigenvalue weighted by atomic mass is 19.3. The molecule has 2 rings (SSSR count). The normalized spacial score (nSPS) is 15.4. The van der Waals surface area contributed by atoms with Crippen molar-refractivity contribution in [1.29, 1.82) is 0 Å². The van der Waals surface area contributed by atoms with Gasteiger partial charge in [-0.2, -0.15) is 0 Å². The SMILES string of the molecule is C=C1C(C)=CC=C(c2c(O)cccc2F)N1CC(F)F. The summed E-state index contributed by atoms with van der Waals surface area (Å²) < 4.78 is 39.4. The Labute approximate surface area is 115 Å². The summed E-state index contributed by atoms with van der Waals surface area (Å²) in [6.45, 7) is 4.87. The van der Waals surface area contributed by atoms with Crippen LogP contribution in [-0.2, 0) is 0 Å². The van der Waals surface area contributed by atoms with Crippen molar-refractivity contribution >= 4 is 5.70 Å². The van der Waals surface area contributed by atoms with Gasteiger partial charge >= 0.3 is 0 Å². The molecule has 1 heterocycles. The predicted octanol–water partition coefficient (Wildman–Crippen LogP) is 3.91. The van der Waals surface area contributed by atoms with E-state index in [9.17, 15) is 18.3 Å². The Hall–Kier alpha value is -2.17. The molecule has 1 N–H and O–H groups in total. The minimum absolute atomic E-state index is 0.0990. The molecule has 0 spiro atoms. The van der Waals surface area contributed by atoms with Crippen molar-refractivity contribution in [2.45, 2.75) is 13.3 Å². The molecule has 20 heavy (non-hydrogen) atoms. The maximum atomic E-state index is 13.9. The monoisotopic (exact) mass is 281 g/mol. The third-order valence-corrected chi connectivity index (χ3v) is 3.13. The van der Waals surface area contributed by atoms with Crippen molar-refractivity contribution in [3.8, 4) is 5.75 Å². The summed E-state index contributed by atoms with van der Waals surface area (Å²) in [7, 11) is 0. The van der Waals surface area contributed by atoms with E-state index in [-0.39, 0.29) is 17.0 Å². The van der Waals surface area contributed by atoms with Crippen LogP contribution in [0.15, 0.2) is 48.2 Å². The number of nitrogens with zero attached hydrogens (tertiary/aromatic N) is 1. The Balaban J connectivity index is 2.54. The molecule has 5 heteroatoms. The zero-order chi connectivity index (χ0) is 14.9. The fourth-order valence-corrected chi connectivity index (χ4v) is 2.08. The molecule has 1 aliphatic rings. The van der Waals surface area contributed by atoms with Crippen LogP contribution in [0.4, 0.5) is 13.2 Å².